The van der Waals surface area contributed by atoms with E-state index in [-0.39, 0.29) is 41.7 Å². The van der Waals surface area contributed by atoms with Gasteiger partial charge in [0.05, 0.1) is 0 Å². The topological polar surface area (TPSA) is 35.2 Å². The van der Waals surface area contributed by atoms with Crippen molar-refractivity contribution in [1.82, 2.24) is 0 Å². The molecule has 0 spiro atoms. The van der Waals surface area contributed by atoms with E-state index < -0.39 is 0 Å². The summed E-state index contributed by atoms with van der Waals surface area (Å²) in [7, 11) is 0. The number of hydrogen-bond donors (Lipinski definition) is 1. The molecule has 0 aliphatic carbocycles. The predicted octanol–water partition coefficient (Wildman–Crippen LogP) is 1.08. The number of benzene rings is 1. The van der Waals surface area contributed by atoms with Crippen LogP contribution < -0.4 is 10.5 Å². The van der Waals surface area contributed by atoms with Crippen LogP contribution in [0.2, 0.25) is 0 Å². The van der Waals surface area contributed by atoms with Crippen molar-refractivity contribution in [2.75, 3.05) is 0 Å². The van der Waals surface area contributed by atoms with E-state index in [4.69, 9.17) is 10.5 Å². The molecule has 0 saturated heterocycles. The third-order valence-corrected chi connectivity index (χ3v) is 2.35. The number of para-hydroxylation sites is 1. The number of hydrogen-bond acceptors (Lipinski definition) is 2. The third-order valence-electron chi connectivity index (χ3n) is 2.35. The van der Waals surface area contributed by atoms with Crippen LogP contribution in [0.1, 0.15) is 18.9 Å². The SMILES string of the molecule is CC(N)CC1Cc2ccccc2O1.[NaH]. The standard InChI is InChI=1S/C11H15NO.Na.H/c1-8(12)6-10-7-9-4-2-3-5-11(9)13-10;;/h2-5,8,10H,6-7,12H2,1H3;;. The van der Waals surface area contributed by atoms with Gasteiger partial charge in [-0.15, -0.1) is 0 Å². The van der Waals surface area contributed by atoms with Gasteiger partial charge >= 0.3 is 29.6 Å². The molecule has 0 bridgehead atoms. The summed E-state index contributed by atoms with van der Waals surface area (Å²) < 4.78 is 5.74. The van der Waals surface area contributed by atoms with Crippen LogP contribution in [0.5, 0.6) is 5.75 Å². The van der Waals surface area contributed by atoms with E-state index in [2.05, 4.69) is 12.1 Å². The Hall–Kier alpha value is -0.0200. The van der Waals surface area contributed by atoms with Gasteiger partial charge in [0.25, 0.3) is 0 Å². The Bertz CT molecular complexity index is 276. The summed E-state index contributed by atoms with van der Waals surface area (Å²) >= 11 is 0. The van der Waals surface area contributed by atoms with Crippen molar-refractivity contribution in [2.45, 2.75) is 31.9 Å². The van der Waals surface area contributed by atoms with Crippen LogP contribution in [0.25, 0.3) is 0 Å². The molecule has 3 heteroatoms. The van der Waals surface area contributed by atoms with E-state index in [1.165, 1.54) is 5.56 Å². The zero-order chi connectivity index (χ0) is 9.26. The average molecular weight is 201 g/mol. The minimum absolute atomic E-state index is 0. The molecule has 2 atom stereocenters. The first kappa shape index (κ1) is 12.1. The van der Waals surface area contributed by atoms with Crippen LogP contribution in [0.4, 0.5) is 0 Å². The molecule has 2 N–H and O–H groups in total. The molecule has 1 aromatic rings. The average Bonchev–Trinajstić information content (AvgIpc) is 2.44. The normalized spacial score (nSPS) is 20.6. The van der Waals surface area contributed by atoms with E-state index >= 15 is 0 Å². The first-order valence-electron chi connectivity index (χ1n) is 4.76. The molecule has 2 rings (SSSR count). The summed E-state index contributed by atoms with van der Waals surface area (Å²) in [6.45, 7) is 2.02. The quantitative estimate of drug-likeness (QED) is 0.727. The van der Waals surface area contributed by atoms with Crippen LogP contribution in [0, 0.1) is 0 Å². The molecule has 2 nitrogen and oxygen atoms in total. The van der Waals surface area contributed by atoms with Crippen molar-refractivity contribution in [3.05, 3.63) is 29.8 Å². The number of nitrogens with two attached hydrogens (primary N) is 1. The van der Waals surface area contributed by atoms with Gasteiger partial charge in [0.2, 0.25) is 0 Å². The Morgan fingerprint density at radius 1 is 1.50 bits per heavy atom. The maximum atomic E-state index is 5.74. The van der Waals surface area contributed by atoms with E-state index in [1.807, 2.05) is 19.1 Å². The second kappa shape index (κ2) is 5.17. The summed E-state index contributed by atoms with van der Waals surface area (Å²) in [5, 5.41) is 0. The van der Waals surface area contributed by atoms with Gasteiger partial charge in [-0.25, -0.2) is 0 Å². The zero-order valence-electron chi connectivity index (χ0n) is 7.86. The molecule has 0 saturated carbocycles. The first-order valence-corrected chi connectivity index (χ1v) is 4.76. The number of rotatable bonds is 2. The predicted molar refractivity (Wildman–Crippen MR) is 60.0 cm³/mol. The fraction of sp³-hybridized carbons (Fsp3) is 0.455. The Morgan fingerprint density at radius 3 is 2.86 bits per heavy atom. The monoisotopic (exact) mass is 201 g/mol. The molecular formula is C11H16NNaO. The third kappa shape index (κ3) is 2.74. The molecule has 0 amide bonds. The first-order chi connectivity index (χ1) is 6.25. The number of ether oxygens (including phenoxy) is 1. The van der Waals surface area contributed by atoms with Gasteiger partial charge in [-0.3, -0.25) is 0 Å². The maximum absolute atomic E-state index is 5.74. The van der Waals surface area contributed by atoms with Gasteiger partial charge in [0, 0.05) is 12.5 Å². The minimum atomic E-state index is 0. The molecule has 0 fully saturated rings. The van der Waals surface area contributed by atoms with E-state index in [9.17, 15) is 0 Å². The van der Waals surface area contributed by atoms with Crippen LogP contribution in [-0.4, -0.2) is 41.7 Å². The summed E-state index contributed by atoms with van der Waals surface area (Å²) in [6.07, 6.45) is 2.24. The van der Waals surface area contributed by atoms with Gasteiger partial charge in [-0.1, -0.05) is 18.2 Å². The molecular weight excluding hydrogens is 185 g/mol. The van der Waals surface area contributed by atoms with Gasteiger partial charge in [-0.05, 0) is 25.0 Å². The van der Waals surface area contributed by atoms with Crippen molar-refractivity contribution < 1.29 is 4.74 Å². The Labute approximate surface area is 107 Å². The Balaban J connectivity index is 0.000000980. The van der Waals surface area contributed by atoms with Crippen molar-refractivity contribution in [3.8, 4) is 5.75 Å². The van der Waals surface area contributed by atoms with E-state index in [1.54, 1.807) is 0 Å². The van der Waals surface area contributed by atoms with Gasteiger partial charge < -0.3 is 10.5 Å². The molecule has 0 aromatic heterocycles. The molecule has 1 aliphatic heterocycles. The Kier molecular flexibility index (Phi) is 4.45. The second-order valence-electron chi connectivity index (χ2n) is 3.76. The fourth-order valence-corrected chi connectivity index (χ4v) is 1.80. The van der Waals surface area contributed by atoms with Crippen molar-refractivity contribution >= 4 is 29.6 Å². The van der Waals surface area contributed by atoms with Crippen LogP contribution in [0.15, 0.2) is 24.3 Å². The van der Waals surface area contributed by atoms with Crippen molar-refractivity contribution in [1.29, 1.82) is 0 Å². The summed E-state index contributed by atoms with van der Waals surface area (Å²) in [5.41, 5.74) is 7.04. The molecule has 0 radical (unpaired) electrons. The number of fused-ring (bicyclic) bond motifs is 1. The summed E-state index contributed by atoms with van der Waals surface area (Å²) in [4.78, 5) is 0. The van der Waals surface area contributed by atoms with Gasteiger partial charge in [0.1, 0.15) is 11.9 Å². The molecule has 2 unspecified atom stereocenters. The summed E-state index contributed by atoms with van der Waals surface area (Å²) in [6, 6.07) is 8.43. The van der Waals surface area contributed by atoms with Crippen LogP contribution in [-0.2, 0) is 6.42 Å². The summed E-state index contributed by atoms with van der Waals surface area (Å²) in [5.74, 6) is 1.04. The van der Waals surface area contributed by atoms with Crippen LogP contribution in [0.3, 0.4) is 0 Å². The van der Waals surface area contributed by atoms with Gasteiger partial charge in [0.15, 0.2) is 0 Å². The zero-order valence-corrected chi connectivity index (χ0v) is 7.86. The van der Waals surface area contributed by atoms with Gasteiger partial charge in [-0.2, -0.15) is 0 Å². The fourth-order valence-electron chi connectivity index (χ4n) is 1.80. The molecule has 72 valence electrons. The van der Waals surface area contributed by atoms with Crippen LogP contribution >= 0.6 is 0 Å². The van der Waals surface area contributed by atoms with Crippen molar-refractivity contribution in [3.63, 3.8) is 0 Å². The molecule has 1 heterocycles. The molecule has 1 aromatic carbocycles. The molecule has 1 aliphatic rings. The van der Waals surface area contributed by atoms with E-state index in [0.29, 0.717) is 0 Å². The van der Waals surface area contributed by atoms with Crippen molar-refractivity contribution in [2.24, 2.45) is 5.73 Å². The van der Waals surface area contributed by atoms with E-state index in [0.717, 1.165) is 18.6 Å². The molecule has 14 heavy (non-hydrogen) atoms. The Morgan fingerprint density at radius 2 is 2.21 bits per heavy atom. The second-order valence-corrected chi connectivity index (χ2v) is 3.76.